The third kappa shape index (κ3) is 3.83. The molecule has 0 radical (unpaired) electrons. The molecule has 2 heterocycles. The zero-order valence-corrected chi connectivity index (χ0v) is 16.1. The Kier molecular flexibility index (Phi) is 5.79. The van der Waals surface area contributed by atoms with E-state index in [1.165, 1.54) is 6.07 Å². The molecule has 1 atom stereocenters. The Morgan fingerprint density at radius 2 is 2.00 bits per heavy atom. The van der Waals surface area contributed by atoms with Gasteiger partial charge in [-0.15, -0.1) is 0 Å². The van der Waals surface area contributed by atoms with Crippen molar-refractivity contribution in [3.8, 4) is 0 Å². The molecule has 27 heavy (non-hydrogen) atoms. The third-order valence-corrected chi connectivity index (χ3v) is 5.18. The van der Waals surface area contributed by atoms with E-state index in [4.69, 9.17) is 0 Å². The van der Waals surface area contributed by atoms with Gasteiger partial charge in [-0.25, -0.2) is 4.39 Å². The maximum Gasteiger partial charge on any atom is 0.256 e. The van der Waals surface area contributed by atoms with Gasteiger partial charge in [0.05, 0.1) is 11.2 Å². The Balaban J connectivity index is 2.11. The standard InChI is InChI=1S/C20H27FN4O2/c1-4-13(3)23-20(27)15-12-24(5-2)17-11-18(25-8-6-22-7-9-25)16(21)10-14(17)19(15)26/h10-13,22H,4-9H2,1-3H3,(H,23,27). The number of rotatable bonds is 5. The fourth-order valence-electron chi connectivity index (χ4n) is 3.37. The van der Waals surface area contributed by atoms with Crippen molar-refractivity contribution in [3.63, 3.8) is 0 Å². The maximum atomic E-state index is 14.8. The van der Waals surface area contributed by atoms with Crippen molar-refractivity contribution < 1.29 is 9.18 Å². The zero-order valence-electron chi connectivity index (χ0n) is 16.1. The minimum Gasteiger partial charge on any atom is -0.367 e. The average molecular weight is 374 g/mol. The van der Waals surface area contributed by atoms with Crippen LogP contribution in [-0.2, 0) is 6.54 Å². The Hall–Kier alpha value is -2.41. The first-order valence-electron chi connectivity index (χ1n) is 9.59. The second-order valence-electron chi connectivity index (χ2n) is 7.00. The molecule has 6 nitrogen and oxygen atoms in total. The van der Waals surface area contributed by atoms with Gasteiger partial charge in [0.25, 0.3) is 5.91 Å². The number of carbonyl (C=O) groups excluding carboxylic acids is 1. The predicted molar refractivity (Wildman–Crippen MR) is 106 cm³/mol. The normalized spacial score (nSPS) is 15.8. The number of hydrogen-bond donors (Lipinski definition) is 2. The fourth-order valence-corrected chi connectivity index (χ4v) is 3.37. The first-order chi connectivity index (χ1) is 13.0. The van der Waals surface area contributed by atoms with Gasteiger partial charge in [-0.2, -0.15) is 0 Å². The van der Waals surface area contributed by atoms with Gasteiger partial charge in [-0.3, -0.25) is 9.59 Å². The highest BCUT2D eigenvalue weighted by Gasteiger charge is 2.20. The van der Waals surface area contributed by atoms with Crippen molar-refractivity contribution in [2.24, 2.45) is 0 Å². The van der Waals surface area contributed by atoms with Gasteiger partial charge in [0.1, 0.15) is 11.4 Å². The molecule has 1 amide bonds. The number of pyridine rings is 1. The molecule has 1 aliphatic rings. The van der Waals surface area contributed by atoms with E-state index in [-0.39, 0.29) is 17.0 Å². The van der Waals surface area contributed by atoms with Crippen LogP contribution in [0.2, 0.25) is 0 Å². The van der Waals surface area contributed by atoms with Crippen molar-refractivity contribution in [3.05, 3.63) is 39.9 Å². The Morgan fingerprint density at radius 1 is 1.30 bits per heavy atom. The summed E-state index contributed by atoms with van der Waals surface area (Å²) in [7, 11) is 0. The van der Waals surface area contributed by atoms with Crippen LogP contribution in [0.3, 0.4) is 0 Å². The van der Waals surface area contributed by atoms with E-state index in [1.54, 1.807) is 12.3 Å². The number of anilines is 1. The molecule has 1 aromatic carbocycles. The lowest BCUT2D eigenvalue weighted by atomic mass is 10.1. The second kappa shape index (κ2) is 8.08. The molecular weight excluding hydrogens is 347 g/mol. The molecular formula is C20H27FN4O2. The first-order valence-corrected chi connectivity index (χ1v) is 9.59. The average Bonchev–Trinajstić information content (AvgIpc) is 2.68. The largest absolute Gasteiger partial charge is 0.367 e. The highest BCUT2D eigenvalue weighted by molar-refractivity contribution is 5.98. The number of aryl methyl sites for hydroxylation is 1. The van der Waals surface area contributed by atoms with E-state index >= 15 is 0 Å². The molecule has 146 valence electrons. The summed E-state index contributed by atoms with van der Waals surface area (Å²) in [4.78, 5) is 27.4. The molecule has 1 aromatic heterocycles. The van der Waals surface area contributed by atoms with E-state index in [9.17, 15) is 14.0 Å². The van der Waals surface area contributed by atoms with Crippen LogP contribution >= 0.6 is 0 Å². The monoisotopic (exact) mass is 374 g/mol. The molecule has 0 bridgehead atoms. The number of nitrogens with zero attached hydrogens (tertiary/aromatic N) is 2. The Morgan fingerprint density at radius 3 is 2.63 bits per heavy atom. The van der Waals surface area contributed by atoms with Crippen molar-refractivity contribution in [2.75, 3.05) is 31.1 Å². The van der Waals surface area contributed by atoms with Crippen LogP contribution in [0, 0.1) is 5.82 Å². The topological polar surface area (TPSA) is 66.4 Å². The first kappa shape index (κ1) is 19.4. The van der Waals surface area contributed by atoms with Gasteiger partial charge in [0, 0.05) is 50.3 Å². The lowest BCUT2D eigenvalue weighted by Crippen LogP contribution is -2.44. The summed E-state index contributed by atoms with van der Waals surface area (Å²) in [6.45, 7) is 9.39. The van der Waals surface area contributed by atoms with Crippen molar-refractivity contribution in [1.82, 2.24) is 15.2 Å². The van der Waals surface area contributed by atoms with Crippen LogP contribution < -0.4 is 21.0 Å². The number of hydrogen-bond acceptors (Lipinski definition) is 4. The minimum absolute atomic E-state index is 0.0329. The lowest BCUT2D eigenvalue weighted by Gasteiger charge is -2.30. The molecule has 2 N–H and O–H groups in total. The summed E-state index contributed by atoms with van der Waals surface area (Å²) in [5.41, 5.74) is 0.778. The highest BCUT2D eigenvalue weighted by atomic mass is 19.1. The van der Waals surface area contributed by atoms with E-state index in [0.29, 0.717) is 30.8 Å². The van der Waals surface area contributed by atoms with Gasteiger partial charge in [-0.05, 0) is 32.4 Å². The Bertz CT molecular complexity index is 903. The summed E-state index contributed by atoms with van der Waals surface area (Å²) in [6, 6.07) is 2.98. The van der Waals surface area contributed by atoms with Crippen molar-refractivity contribution in [2.45, 2.75) is 39.8 Å². The van der Waals surface area contributed by atoms with Crippen LogP contribution in [0.5, 0.6) is 0 Å². The van der Waals surface area contributed by atoms with Gasteiger partial charge < -0.3 is 20.1 Å². The van der Waals surface area contributed by atoms with Crippen LogP contribution in [0.15, 0.2) is 23.1 Å². The second-order valence-corrected chi connectivity index (χ2v) is 7.00. The van der Waals surface area contributed by atoms with Crippen LogP contribution in [0.25, 0.3) is 10.9 Å². The molecule has 1 aliphatic heterocycles. The maximum absolute atomic E-state index is 14.8. The zero-order chi connectivity index (χ0) is 19.6. The van der Waals surface area contributed by atoms with Gasteiger partial charge in [-0.1, -0.05) is 6.92 Å². The summed E-state index contributed by atoms with van der Waals surface area (Å²) in [5, 5.41) is 6.31. The number of aromatic nitrogens is 1. The van der Waals surface area contributed by atoms with Gasteiger partial charge in [0.2, 0.25) is 5.43 Å². The molecule has 1 fully saturated rings. The Labute approximate surface area is 158 Å². The number of amides is 1. The van der Waals surface area contributed by atoms with Crippen LogP contribution in [-0.4, -0.2) is 42.7 Å². The molecule has 0 saturated carbocycles. The molecule has 0 aliphatic carbocycles. The number of carbonyl (C=O) groups is 1. The summed E-state index contributed by atoms with van der Waals surface area (Å²) in [5.74, 6) is -0.839. The number of benzene rings is 1. The summed E-state index contributed by atoms with van der Waals surface area (Å²) in [6.07, 6.45) is 2.35. The van der Waals surface area contributed by atoms with Crippen LogP contribution in [0.1, 0.15) is 37.6 Å². The number of fused-ring (bicyclic) bond motifs is 1. The third-order valence-electron chi connectivity index (χ3n) is 5.18. The fraction of sp³-hybridized carbons (Fsp3) is 0.500. The lowest BCUT2D eigenvalue weighted by molar-refractivity contribution is 0.0937. The highest BCUT2D eigenvalue weighted by Crippen LogP contribution is 2.25. The molecule has 1 unspecified atom stereocenters. The van der Waals surface area contributed by atoms with Crippen molar-refractivity contribution >= 4 is 22.5 Å². The molecule has 3 rings (SSSR count). The van der Waals surface area contributed by atoms with E-state index in [1.807, 2.05) is 30.2 Å². The van der Waals surface area contributed by atoms with Crippen molar-refractivity contribution in [1.29, 1.82) is 0 Å². The number of nitrogens with one attached hydrogen (secondary N) is 2. The summed E-state index contributed by atoms with van der Waals surface area (Å²) >= 11 is 0. The molecule has 0 spiro atoms. The van der Waals surface area contributed by atoms with E-state index in [0.717, 1.165) is 19.5 Å². The molecule has 2 aromatic rings. The van der Waals surface area contributed by atoms with E-state index in [2.05, 4.69) is 10.6 Å². The molecule has 1 saturated heterocycles. The van der Waals surface area contributed by atoms with Crippen LogP contribution in [0.4, 0.5) is 10.1 Å². The number of piperazine rings is 1. The quantitative estimate of drug-likeness (QED) is 0.841. The van der Waals surface area contributed by atoms with Gasteiger partial charge >= 0.3 is 0 Å². The van der Waals surface area contributed by atoms with Gasteiger partial charge in [0.15, 0.2) is 0 Å². The predicted octanol–water partition coefficient (Wildman–Crippen LogP) is 2.10. The van der Waals surface area contributed by atoms with E-state index < -0.39 is 17.2 Å². The summed E-state index contributed by atoms with van der Waals surface area (Å²) < 4.78 is 16.6. The SMILES string of the molecule is CCC(C)NC(=O)c1cn(CC)c2cc(N3CCNCC3)c(F)cc2c1=O. The molecule has 7 heteroatoms. The number of halogens is 1. The minimum atomic E-state index is -0.429. The smallest absolute Gasteiger partial charge is 0.256 e.